The van der Waals surface area contributed by atoms with Crippen LogP contribution in [0.5, 0.6) is 0 Å². The van der Waals surface area contributed by atoms with E-state index in [1.54, 1.807) is 17.1 Å². The minimum Gasteiger partial charge on any atom is -0.330 e. The summed E-state index contributed by atoms with van der Waals surface area (Å²) >= 11 is 0. The standard InChI is InChI=1S/C8H10N6/c9-4-3-8-11-12-13-14(8)7-2-1-5-10-6-7/h1-2,5-6H,3-4,9H2. The number of hydrogen-bond acceptors (Lipinski definition) is 5. The van der Waals surface area contributed by atoms with Gasteiger partial charge in [-0.1, -0.05) is 0 Å². The highest BCUT2D eigenvalue weighted by Gasteiger charge is 2.06. The Hall–Kier alpha value is -1.82. The molecule has 6 nitrogen and oxygen atoms in total. The molecule has 0 atom stereocenters. The molecule has 0 aliphatic heterocycles. The van der Waals surface area contributed by atoms with Crippen molar-refractivity contribution >= 4 is 0 Å². The summed E-state index contributed by atoms with van der Waals surface area (Å²) in [5.41, 5.74) is 6.29. The van der Waals surface area contributed by atoms with Crippen molar-refractivity contribution in [2.24, 2.45) is 5.73 Å². The molecule has 14 heavy (non-hydrogen) atoms. The van der Waals surface area contributed by atoms with E-state index < -0.39 is 0 Å². The first-order chi connectivity index (χ1) is 6.92. The summed E-state index contributed by atoms with van der Waals surface area (Å²) in [5, 5.41) is 11.3. The van der Waals surface area contributed by atoms with Gasteiger partial charge in [0.05, 0.1) is 11.9 Å². The average Bonchev–Trinajstić information content (AvgIpc) is 2.68. The fourth-order valence-corrected chi connectivity index (χ4v) is 1.17. The number of pyridine rings is 1. The lowest BCUT2D eigenvalue weighted by Crippen LogP contribution is -2.09. The third-order valence-corrected chi connectivity index (χ3v) is 1.79. The Morgan fingerprint density at radius 3 is 3.07 bits per heavy atom. The summed E-state index contributed by atoms with van der Waals surface area (Å²) in [7, 11) is 0. The van der Waals surface area contributed by atoms with Crippen molar-refractivity contribution in [3.8, 4) is 5.69 Å². The molecule has 0 aliphatic carbocycles. The average molecular weight is 190 g/mol. The molecule has 0 saturated heterocycles. The highest BCUT2D eigenvalue weighted by Crippen LogP contribution is 2.04. The number of tetrazole rings is 1. The first-order valence-electron chi connectivity index (χ1n) is 4.29. The van der Waals surface area contributed by atoms with Crippen molar-refractivity contribution < 1.29 is 0 Å². The van der Waals surface area contributed by atoms with Gasteiger partial charge < -0.3 is 5.73 Å². The lowest BCUT2D eigenvalue weighted by atomic mass is 10.4. The predicted octanol–water partition coefficient (Wildman–Crippen LogP) is -0.442. The maximum atomic E-state index is 5.44. The van der Waals surface area contributed by atoms with Crippen LogP contribution in [0.1, 0.15) is 5.82 Å². The molecule has 72 valence electrons. The SMILES string of the molecule is NCCc1nnnn1-c1cccnc1. The Balaban J connectivity index is 2.37. The first-order valence-corrected chi connectivity index (χ1v) is 4.29. The van der Waals surface area contributed by atoms with E-state index in [9.17, 15) is 0 Å². The predicted molar refractivity (Wildman–Crippen MR) is 49.7 cm³/mol. The van der Waals surface area contributed by atoms with E-state index in [0.29, 0.717) is 13.0 Å². The number of hydrogen-bond donors (Lipinski definition) is 1. The molecule has 2 aromatic rings. The summed E-state index contributed by atoms with van der Waals surface area (Å²) in [6.45, 7) is 0.528. The molecule has 2 heterocycles. The Kier molecular flexibility index (Phi) is 2.46. The lowest BCUT2D eigenvalue weighted by Gasteiger charge is -2.01. The van der Waals surface area contributed by atoms with Crippen LogP contribution >= 0.6 is 0 Å². The zero-order chi connectivity index (χ0) is 9.80. The van der Waals surface area contributed by atoms with Gasteiger partial charge >= 0.3 is 0 Å². The Bertz CT molecular complexity index is 395. The Morgan fingerprint density at radius 1 is 1.43 bits per heavy atom. The minimum absolute atomic E-state index is 0.528. The van der Waals surface area contributed by atoms with Gasteiger partial charge in [-0.05, 0) is 29.1 Å². The highest BCUT2D eigenvalue weighted by molar-refractivity contribution is 5.26. The van der Waals surface area contributed by atoms with Crippen LogP contribution in [0.15, 0.2) is 24.5 Å². The van der Waals surface area contributed by atoms with Gasteiger partial charge in [-0.15, -0.1) is 5.10 Å². The molecule has 0 unspecified atom stereocenters. The van der Waals surface area contributed by atoms with Crippen LogP contribution in [-0.2, 0) is 6.42 Å². The monoisotopic (exact) mass is 190 g/mol. The minimum atomic E-state index is 0.528. The van der Waals surface area contributed by atoms with E-state index in [2.05, 4.69) is 20.5 Å². The molecule has 2 rings (SSSR count). The molecule has 2 N–H and O–H groups in total. The fourth-order valence-electron chi connectivity index (χ4n) is 1.17. The summed E-state index contributed by atoms with van der Waals surface area (Å²) in [5.74, 6) is 0.750. The summed E-state index contributed by atoms with van der Waals surface area (Å²) < 4.78 is 1.64. The fraction of sp³-hybridized carbons (Fsp3) is 0.250. The molecule has 0 aliphatic rings. The van der Waals surface area contributed by atoms with Gasteiger partial charge in [0.25, 0.3) is 0 Å². The van der Waals surface area contributed by atoms with Crippen LogP contribution in [0.2, 0.25) is 0 Å². The van der Waals surface area contributed by atoms with E-state index in [4.69, 9.17) is 5.73 Å². The van der Waals surface area contributed by atoms with Gasteiger partial charge in [-0.3, -0.25) is 4.98 Å². The second kappa shape index (κ2) is 3.93. The summed E-state index contributed by atoms with van der Waals surface area (Å²) in [4.78, 5) is 3.99. The van der Waals surface area contributed by atoms with Crippen molar-refractivity contribution in [2.75, 3.05) is 6.54 Å². The molecule has 0 aromatic carbocycles. The highest BCUT2D eigenvalue weighted by atomic mass is 15.5. The number of nitrogens with two attached hydrogens (primary N) is 1. The van der Waals surface area contributed by atoms with Crippen molar-refractivity contribution in [1.29, 1.82) is 0 Å². The third-order valence-electron chi connectivity index (χ3n) is 1.79. The number of rotatable bonds is 3. The van der Waals surface area contributed by atoms with Crippen molar-refractivity contribution in [1.82, 2.24) is 25.2 Å². The van der Waals surface area contributed by atoms with Crippen molar-refractivity contribution in [3.63, 3.8) is 0 Å². The Labute approximate surface area is 80.8 Å². The molecular formula is C8H10N6. The van der Waals surface area contributed by atoms with Crippen LogP contribution in [0.25, 0.3) is 5.69 Å². The maximum Gasteiger partial charge on any atom is 0.158 e. The van der Waals surface area contributed by atoms with Crippen LogP contribution in [-0.4, -0.2) is 31.7 Å². The zero-order valence-corrected chi connectivity index (χ0v) is 7.54. The van der Waals surface area contributed by atoms with E-state index in [0.717, 1.165) is 11.5 Å². The smallest absolute Gasteiger partial charge is 0.158 e. The molecular weight excluding hydrogens is 180 g/mol. The van der Waals surface area contributed by atoms with Crippen molar-refractivity contribution in [2.45, 2.75) is 6.42 Å². The van der Waals surface area contributed by atoms with Gasteiger partial charge in [0.15, 0.2) is 5.82 Å². The van der Waals surface area contributed by atoms with E-state index in [1.165, 1.54) is 0 Å². The van der Waals surface area contributed by atoms with Gasteiger partial charge in [0.2, 0.25) is 0 Å². The second-order valence-corrected chi connectivity index (χ2v) is 2.76. The lowest BCUT2D eigenvalue weighted by molar-refractivity contribution is 0.752. The quantitative estimate of drug-likeness (QED) is 0.709. The van der Waals surface area contributed by atoms with E-state index in [1.807, 2.05) is 12.1 Å². The molecule has 0 amide bonds. The second-order valence-electron chi connectivity index (χ2n) is 2.76. The summed E-state index contributed by atoms with van der Waals surface area (Å²) in [6, 6.07) is 3.73. The van der Waals surface area contributed by atoms with Crippen molar-refractivity contribution in [3.05, 3.63) is 30.4 Å². The molecule has 0 saturated carbocycles. The van der Waals surface area contributed by atoms with Gasteiger partial charge in [0, 0.05) is 12.6 Å². The first kappa shape index (κ1) is 8.76. The zero-order valence-electron chi connectivity index (χ0n) is 7.54. The molecule has 0 spiro atoms. The normalized spacial score (nSPS) is 10.4. The van der Waals surface area contributed by atoms with Crippen LogP contribution in [0.3, 0.4) is 0 Å². The number of nitrogens with zero attached hydrogens (tertiary/aromatic N) is 5. The van der Waals surface area contributed by atoms with E-state index >= 15 is 0 Å². The van der Waals surface area contributed by atoms with E-state index in [-0.39, 0.29) is 0 Å². The Morgan fingerprint density at radius 2 is 2.36 bits per heavy atom. The van der Waals surface area contributed by atoms with Gasteiger partial charge in [0.1, 0.15) is 0 Å². The van der Waals surface area contributed by atoms with Gasteiger partial charge in [-0.25, -0.2) is 0 Å². The topological polar surface area (TPSA) is 82.5 Å². The molecule has 0 fully saturated rings. The molecule has 2 aromatic heterocycles. The largest absolute Gasteiger partial charge is 0.330 e. The third kappa shape index (κ3) is 1.60. The summed E-state index contributed by atoms with van der Waals surface area (Å²) in [6.07, 6.45) is 4.06. The molecule has 6 heteroatoms. The van der Waals surface area contributed by atoms with Crippen LogP contribution in [0.4, 0.5) is 0 Å². The van der Waals surface area contributed by atoms with Gasteiger partial charge in [-0.2, -0.15) is 4.68 Å². The molecule has 0 radical (unpaired) electrons. The molecule has 0 bridgehead atoms. The van der Waals surface area contributed by atoms with Crippen LogP contribution in [0, 0.1) is 0 Å². The number of aromatic nitrogens is 5. The van der Waals surface area contributed by atoms with Crippen LogP contribution < -0.4 is 5.73 Å². The maximum absolute atomic E-state index is 5.44.